The molecule has 0 saturated carbocycles. The third kappa shape index (κ3) is 3.78. The molecule has 21 heavy (non-hydrogen) atoms. The van der Waals surface area contributed by atoms with Crippen molar-refractivity contribution in [2.24, 2.45) is 0 Å². The average Bonchev–Trinajstić information content (AvgIpc) is 2.78. The maximum absolute atomic E-state index is 6.39. The molecule has 0 spiro atoms. The average molecular weight is 312 g/mol. The number of hydrogen-bond acceptors (Lipinski definition) is 3. The van der Waals surface area contributed by atoms with Gasteiger partial charge in [-0.15, -0.1) is 12.4 Å². The highest BCUT2D eigenvalue weighted by Crippen LogP contribution is 2.37. The Hall–Kier alpha value is -0.610. The molecule has 2 fully saturated rings. The van der Waals surface area contributed by atoms with E-state index in [4.69, 9.17) is 9.47 Å². The van der Waals surface area contributed by atoms with Crippen molar-refractivity contribution >= 4 is 12.4 Å². The largest absolute Gasteiger partial charge is 0.382 e. The van der Waals surface area contributed by atoms with Gasteiger partial charge in [0.05, 0.1) is 18.8 Å². The number of rotatable bonds is 5. The molecule has 2 aliphatic rings. The first kappa shape index (κ1) is 16.8. The smallest absolute Gasteiger partial charge is 0.0948 e. The minimum Gasteiger partial charge on any atom is -0.382 e. The van der Waals surface area contributed by atoms with Gasteiger partial charge in [-0.2, -0.15) is 0 Å². The molecule has 0 aliphatic carbocycles. The summed E-state index contributed by atoms with van der Waals surface area (Å²) in [4.78, 5) is 0. The lowest BCUT2D eigenvalue weighted by atomic mass is 9.87. The highest BCUT2D eigenvalue weighted by molar-refractivity contribution is 5.85. The number of halogens is 1. The first-order valence-corrected chi connectivity index (χ1v) is 7.64. The molecule has 2 heterocycles. The zero-order valence-electron chi connectivity index (χ0n) is 12.9. The monoisotopic (exact) mass is 311 g/mol. The van der Waals surface area contributed by atoms with E-state index in [2.05, 4.69) is 36.5 Å². The van der Waals surface area contributed by atoms with Crippen LogP contribution < -0.4 is 5.32 Å². The summed E-state index contributed by atoms with van der Waals surface area (Å²) in [5.74, 6) is 0. The van der Waals surface area contributed by atoms with E-state index < -0.39 is 0 Å². The fourth-order valence-corrected chi connectivity index (χ4v) is 3.75. The minimum absolute atomic E-state index is 0. The number of ether oxygens (including phenoxy) is 2. The van der Waals surface area contributed by atoms with E-state index in [9.17, 15) is 0 Å². The first-order chi connectivity index (χ1) is 9.71. The standard InChI is InChI=1S/C17H25NO2.ClH/c1-13-5-3-4-6-14(13)11-20-17(12-19-2)9-15-7-8-16(10-17)18-15;/h3-6,15-16,18H,7-12H2,1-2H3;1H. The third-order valence-corrected chi connectivity index (χ3v) is 4.77. The normalized spacial score (nSPS) is 31.0. The molecule has 0 amide bonds. The maximum Gasteiger partial charge on any atom is 0.0948 e. The molecule has 1 aromatic carbocycles. The van der Waals surface area contributed by atoms with E-state index in [1.807, 2.05) is 0 Å². The van der Waals surface area contributed by atoms with Crippen LogP contribution in [0.15, 0.2) is 24.3 Å². The van der Waals surface area contributed by atoms with E-state index in [1.54, 1.807) is 7.11 Å². The fourth-order valence-electron chi connectivity index (χ4n) is 3.75. The molecule has 2 bridgehead atoms. The summed E-state index contributed by atoms with van der Waals surface area (Å²) in [6.45, 7) is 3.54. The molecule has 1 aromatic rings. The Morgan fingerprint density at radius 2 is 1.86 bits per heavy atom. The van der Waals surface area contributed by atoms with E-state index in [0.717, 1.165) is 12.8 Å². The Bertz CT molecular complexity index is 454. The molecule has 1 N–H and O–H groups in total. The second-order valence-electron chi connectivity index (χ2n) is 6.38. The summed E-state index contributed by atoms with van der Waals surface area (Å²) in [5.41, 5.74) is 2.49. The Balaban J connectivity index is 0.00000161. The number of methoxy groups -OCH3 is 1. The van der Waals surface area contributed by atoms with Crippen LogP contribution in [0.4, 0.5) is 0 Å². The molecule has 2 aliphatic heterocycles. The van der Waals surface area contributed by atoms with Gasteiger partial charge in [0, 0.05) is 19.2 Å². The van der Waals surface area contributed by atoms with Gasteiger partial charge < -0.3 is 14.8 Å². The van der Waals surface area contributed by atoms with Crippen molar-refractivity contribution in [1.29, 1.82) is 0 Å². The lowest BCUT2D eigenvalue weighted by molar-refractivity contribution is -0.123. The zero-order chi connectivity index (χ0) is 14.0. The maximum atomic E-state index is 6.39. The first-order valence-electron chi connectivity index (χ1n) is 7.64. The van der Waals surface area contributed by atoms with Crippen LogP contribution in [-0.4, -0.2) is 31.4 Å². The van der Waals surface area contributed by atoms with Crippen molar-refractivity contribution in [2.45, 2.75) is 56.9 Å². The molecule has 3 rings (SSSR count). The number of hydrogen-bond donors (Lipinski definition) is 1. The van der Waals surface area contributed by atoms with Crippen molar-refractivity contribution in [3.8, 4) is 0 Å². The van der Waals surface area contributed by atoms with Crippen LogP contribution in [0.5, 0.6) is 0 Å². The molecule has 2 unspecified atom stereocenters. The van der Waals surface area contributed by atoms with Gasteiger partial charge in [-0.05, 0) is 43.7 Å². The SMILES string of the molecule is COCC1(OCc2ccccc2C)CC2CCC(C1)N2.Cl. The number of benzene rings is 1. The molecule has 118 valence electrons. The molecule has 0 aromatic heterocycles. The van der Waals surface area contributed by atoms with Gasteiger partial charge in [0.15, 0.2) is 0 Å². The Morgan fingerprint density at radius 3 is 2.48 bits per heavy atom. The van der Waals surface area contributed by atoms with Crippen LogP contribution in [0.25, 0.3) is 0 Å². The van der Waals surface area contributed by atoms with Crippen LogP contribution in [0.3, 0.4) is 0 Å². The van der Waals surface area contributed by atoms with Crippen LogP contribution in [0.1, 0.15) is 36.8 Å². The summed E-state index contributed by atoms with van der Waals surface area (Å²) < 4.78 is 11.9. The van der Waals surface area contributed by atoms with Crippen LogP contribution >= 0.6 is 12.4 Å². The van der Waals surface area contributed by atoms with Crippen molar-refractivity contribution in [1.82, 2.24) is 5.32 Å². The summed E-state index contributed by atoms with van der Waals surface area (Å²) in [5, 5.41) is 3.68. The van der Waals surface area contributed by atoms with Crippen molar-refractivity contribution in [2.75, 3.05) is 13.7 Å². The number of piperidine rings is 1. The summed E-state index contributed by atoms with van der Waals surface area (Å²) in [7, 11) is 1.78. The predicted octanol–water partition coefficient (Wildman–Crippen LogP) is 3.23. The summed E-state index contributed by atoms with van der Waals surface area (Å²) in [6.07, 6.45) is 4.71. The van der Waals surface area contributed by atoms with E-state index in [-0.39, 0.29) is 18.0 Å². The van der Waals surface area contributed by atoms with Crippen LogP contribution in [0.2, 0.25) is 0 Å². The van der Waals surface area contributed by atoms with Gasteiger partial charge in [-0.1, -0.05) is 24.3 Å². The van der Waals surface area contributed by atoms with E-state index >= 15 is 0 Å². The minimum atomic E-state index is -0.103. The molecule has 0 radical (unpaired) electrons. The van der Waals surface area contributed by atoms with Gasteiger partial charge in [-0.3, -0.25) is 0 Å². The Kier molecular flexibility index (Phi) is 5.67. The summed E-state index contributed by atoms with van der Waals surface area (Å²) >= 11 is 0. The second kappa shape index (κ2) is 7.10. The van der Waals surface area contributed by atoms with Gasteiger partial charge >= 0.3 is 0 Å². The van der Waals surface area contributed by atoms with Crippen LogP contribution in [0, 0.1) is 6.92 Å². The quantitative estimate of drug-likeness (QED) is 0.905. The van der Waals surface area contributed by atoms with Crippen LogP contribution in [-0.2, 0) is 16.1 Å². The van der Waals surface area contributed by atoms with Gasteiger partial charge in [0.1, 0.15) is 0 Å². The topological polar surface area (TPSA) is 30.5 Å². The Labute approximate surface area is 133 Å². The number of nitrogens with one attached hydrogen (secondary N) is 1. The molecule has 3 nitrogen and oxygen atoms in total. The number of aryl methyl sites for hydroxylation is 1. The Morgan fingerprint density at radius 1 is 1.19 bits per heavy atom. The summed E-state index contributed by atoms with van der Waals surface area (Å²) in [6, 6.07) is 9.69. The lowest BCUT2D eigenvalue weighted by Gasteiger charge is -2.40. The predicted molar refractivity (Wildman–Crippen MR) is 87.0 cm³/mol. The fraction of sp³-hybridized carbons (Fsp3) is 0.647. The highest BCUT2D eigenvalue weighted by atomic mass is 35.5. The van der Waals surface area contributed by atoms with E-state index in [0.29, 0.717) is 25.3 Å². The van der Waals surface area contributed by atoms with Gasteiger partial charge in [0.25, 0.3) is 0 Å². The second-order valence-corrected chi connectivity index (χ2v) is 6.38. The van der Waals surface area contributed by atoms with Gasteiger partial charge in [-0.25, -0.2) is 0 Å². The van der Waals surface area contributed by atoms with Crippen molar-refractivity contribution in [3.05, 3.63) is 35.4 Å². The van der Waals surface area contributed by atoms with Crippen molar-refractivity contribution in [3.63, 3.8) is 0 Å². The van der Waals surface area contributed by atoms with E-state index in [1.165, 1.54) is 24.0 Å². The molecule has 4 heteroatoms. The highest BCUT2D eigenvalue weighted by Gasteiger charge is 2.44. The third-order valence-electron chi connectivity index (χ3n) is 4.77. The zero-order valence-corrected chi connectivity index (χ0v) is 13.7. The lowest BCUT2D eigenvalue weighted by Crippen LogP contribution is -2.52. The van der Waals surface area contributed by atoms with Crippen molar-refractivity contribution < 1.29 is 9.47 Å². The molecule has 2 saturated heterocycles. The number of fused-ring (bicyclic) bond motifs is 2. The molecule has 2 atom stereocenters. The molecular formula is C17H26ClNO2. The van der Waals surface area contributed by atoms with Gasteiger partial charge in [0.2, 0.25) is 0 Å². The molecular weight excluding hydrogens is 286 g/mol.